The molecule has 1 atom stereocenters. The van der Waals surface area contributed by atoms with Gasteiger partial charge in [0.1, 0.15) is 0 Å². The molecule has 2 nitrogen and oxygen atoms in total. The Balaban J connectivity index is 3.00. The van der Waals surface area contributed by atoms with Crippen molar-refractivity contribution in [1.82, 2.24) is 5.32 Å². The van der Waals surface area contributed by atoms with Crippen LogP contribution in [0.4, 0.5) is 0 Å². The van der Waals surface area contributed by atoms with Crippen LogP contribution in [0.25, 0.3) is 0 Å². The molecule has 78 valence electrons. The van der Waals surface area contributed by atoms with Crippen molar-refractivity contribution in [3.8, 4) is 0 Å². The highest BCUT2D eigenvalue weighted by atomic mass is 35.5. The van der Waals surface area contributed by atoms with Gasteiger partial charge in [0.2, 0.25) is 0 Å². The molecule has 0 heterocycles. The van der Waals surface area contributed by atoms with E-state index in [4.69, 9.17) is 11.6 Å². The van der Waals surface area contributed by atoms with Gasteiger partial charge in [0.25, 0.3) is 0 Å². The SMILES string of the molecule is CNCC(O)c1cc(C)c(C)c(Cl)c1. The molecule has 0 aliphatic rings. The second-order valence-electron chi connectivity index (χ2n) is 3.52. The molecule has 0 saturated heterocycles. The van der Waals surface area contributed by atoms with Crippen LogP contribution in [0.3, 0.4) is 0 Å². The van der Waals surface area contributed by atoms with Crippen molar-refractivity contribution in [3.63, 3.8) is 0 Å². The smallest absolute Gasteiger partial charge is 0.0914 e. The van der Waals surface area contributed by atoms with Crippen LogP contribution in [-0.4, -0.2) is 18.7 Å². The molecule has 0 bridgehead atoms. The Bertz CT molecular complexity index is 302. The van der Waals surface area contributed by atoms with Crippen LogP contribution >= 0.6 is 11.6 Å². The summed E-state index contributed by atoms with van der Waals surface area (Å²) in [5.74, 6) is 0. The minimum Gasteiger partial charge on any atom is -0.387 e. The first-order valence-electron chi connectivity index (χ1n) is 4.65. The molecular formula is C11H16ClNO. The highest BCUT2D eigenvalue weighted by Gasteiger charge is 2.09. The Morgan fingerprint density at radius 2 is 2.07 bits per heavy atom. The van der Waals surface area contributed by atoms with Gasteiger partial charge in [0.15, 0.2) is 0 Å². The second-order valence-corrected chi connectivity index (χ2v) is 3.93. The molecule has 1 aromatic rings. The highest BCUT2D eigenvalue weighted by Crippen LogP contribution is 2.24. The Morgan fingerprint density at radius 3 is 2.57 bits per heavy atom. The molecule has 1 unspecified atom stereocenters. The van der Waals surface area contributed by atoms with E-state index in [1.807, 2.05) is 33.0 Å². The molecule has 14 heavy (non-hydrogen) atoms. The van der Waals surface area contributed by atoms with Crippen molar-refractivity contribution in [1.29, 1.82) is 0 Å². The Morgan fingerprint density at radius 1 is 1.43 bits per heavy atom. The van der Waals surface area contributed by atoms with Crippen molar-refractivity contribution in [3.05, 3.63) is 33.8 Å². The quantitative estimate of drug-likeness (QED) is 0.807. The summed E-state index contributed by atoms with van der Waals surface area (Å²) in [6, 6.07) is 3.80. The predicted octanol–water partition coefficient (Wildman–Crippen LogP) is 2.21. The van der Waals surface area contributed by atoms with Gasteiger partial charge in [-0.15, -0.1) is 0 Å². The van der Waals surface area contributed by atoms with Gasteiger partial charge in [-0.1, -0.05) is 17.7 Å². The molecule has 1 aromatic carbocycles. The number of aryl methyl sites for hydroxylation is 1. The van der Waals surface area contributed by atoms with E-state index in [-0.39, 0.29) is 0 Å². The van der Waals surface area contributed by atoms with Gasteiger partial charge >= 0.3 is 0 Å². The van der Waals surface area contributed by atoms with Crippen molar-refractivity contribution in [2.24, 2.45) is 0 Å². The van der Waals surface area contributed by atoms with Crippen molar-refractivity contribution in [2.45, 2.75) is 20.0 Å². The summed E-state index contributed by atoms with van der Waals surface area (Å²) < 4.78 is 0. The molecule has 0 saturated carbocycles. The van der Waals surface area contributed by atoms with E-state index in [1.54, 1.807) is 0 Å². The van der Waals surface area contributed by atoms with E-state index in [1.165, 1.54) is 0 Å². The monoisotopic (exact) mass is 213 g/mol. The van der Waals surface area contributed by atoms with E-state index >= 15 is 0 Å². The lowest BCUT2D eigenvalue weighted by atomic mass is 10.0. The largest absolute Gasteiger partial charge is 0.387 e. The van der Waals surface area contributed by atoms with Gasteiger partial charge in [-0.25, -0.2) is 0 Å². The molecule has 0 aliphatic carbocycles. The van der Waals surface area contributed by atoms with Crippen molar-refractivity contribution < 1.29 is 5.11 Å². The Labute approximate surface area is 89.9 Å². The van der Waals surface area contributed by atoms with E-state index < -0.39 is 6.10 Å². The number of hydrogen-bond acceptors (Lipinski definition) is 2. The summed E-state index contributed by atoms with van der Waals surface area (Å²) in [6.45, 7) is 4.52. The van der Waals surface area contributed by atoms with Crippen LogP contribution in [0.1, 0.15) is 22.8 Å². The molecule has 0 aliphatic heterocycles. The number of likely N-dealkylation sites (N-methyl/N-ethyl adjacent to an activating group) is 1. The maximum Gasteiger partial charge on any atom is 0.0914 e. The number of hydrogen-bond donors (Lipinski definition) is 2. The third-order valence-electron chi connectivity index (χ3n) is 2.41. The van der Waals surface area contributed by atoms with Crippen LogP contribution in [0.5, 0.6) is 0 Å². The summed E-state index contributed by atoms with van der Waals surface area (Å²) in [4.78, 5) is 0. The maximum absolute atomic E-state index is 9.74. The molecule has 2 N–H and O–H groups in total. The van der Waals surface area contributed by atoms with Crippen molar-refractivity contribution >= 4 is 11.6 Å². The zero-order chi connectivity index (χ0) is 10.7. The molecule has 1 rings (SSSR count). The van der Waals surface area contributed by atoms with Gasteiger partial charge < -0.3 is 10.4 Å². The maximum atomic E-state index is 9.74. The third kappa shape index (κ3) is 2.47. The minimum atomic E-state index is -0.489. The predicted molar refractivity (Wildman–Crippen MR) is 59.8 cm³/mol. The molecule has 0 amide bonds. The van der Waals surface area contributed by atoms with Crippen LogP contribution in [0.15, 0.2) is 12.1 Å². The highest BCUT2D eigenvalue weighted by molar-refractivity contribution is 6.31. The number of nitrogens with one attached hydrogen (secondary N) is 1. The Kier molecular flexibility index (Phi) is 3.93. The molecule has 0 aromatic heterocycles. The average Bonchev–Trinajstić information content (AvgIpc) is 2.13. The van der Waals surface area contributed by atoms with E-state index in [9.17, 15) is 5.11 Å². The lowest BCUT2D eigenvalue weighted by Gasteiger charge is -2.13. The number of benzene rings is 1. The summed E-state index contributed by atoms with van der Waals surface area (Å²) in [7, 11) is 1.81. The first kappa shape index (κ1) is 11.5. The van der Waals surface area contributed by atoms with E-state index in [0.29, 0.717) is 6.54 Å². The van der Waals surface area contributed by atoms with Crippen LogP contribution in [0.2, 0.25) is 5.02 Å². The topological polar surface area (TPSA) is 32.3 Å². The summed E-state index contributed by atoms with van der Waals surface area (Å²) >= 11 is 6.03. The fourth-order valence-electron chi connectivity index (χ4n) is 1.35. The zero-order valence-electron chi connectivity index (χ0n) is 8.76. The standard InChI is InChI=1S/C11H16ClNO/c1-7-4-9(11(14)6-13-3)5-10(12)8(7)2/h4-5,11,13-14H,6H2,1-3H3. The first-order valence-corrected chi connectivity index (χ1v) is 5.03. The van der Waals surface area contributed by atoms with Gasteiger partial charge in [0.05, 0.1) is 6.10 Å². The number of halogens is 1. The molecule has 0 fully saturated rings. The van der Waals surface area contributed by atoms with Crippen LogP contribution in [-0.2, 0) is 0 Å². The number of aliphatic hydroxyl groups is 1. The van der Waals surface area contributed by atoms with Gasteiger partial charge in [-0.05, 0) is 43.7 Å². The minimum absolute atomic E-state index is 0.489. The van der Waals surface area contributed by atoms with Gasteiger partial charge in [-0.3, -0.25) is 0 Å². The van der Waals surface area contributed by atoms with Crippen LogP contribution < -0.4 is 5.32 Å². The lowest BCUT2D eigenvalue weighted by Crippen LogP contribution is -2.16. The van der Waals surface area contributed by atoms with Gasteiger partial charge in [-0.2, -0.15) is 0 Å². The fraction of sp³-hybridized carbons (Fsp3) is 0.455. The number of aliphatic hydroxyl groups excluding tert-OH is 1. The van der Waals surface area contributed by atoms with E-state index in [2.05, 4.69) is 5.32 Å². The lowest BCUT2D eigenvalue weighted by molar-refractivity contribution is 0.177. The summed E-state index contributed by atoms with van der Waals surface area (Å²) in [5, 5.41) is 13.4. The molecule has 0 spiro atoms. The molecular weight excluding hydrogens is 198 g/mol. The third-order valence-corrected chi connectivity index (χ3v) is 2.80. The molecule has 3 heteroatoms. The van der Waals surface area contributed by atoms with E-state index in [0.717, 1.165) is 21.7 Å². The first-order chi connectivity index (χ1) is 6.56. The second kappa shape index (κ2) is 4.78. The fourth-order valence-corrected chi connectivity index (χ4v) is 1.62. The van der Waals surface area contributed by atoms with Crippen molar-refractivity contribution in [2.75, 3.05) is 13.6 Å². The normalized spacial score (nSPS) is 12.9. The Hall–Kier alpha value is -0.570. The average molecular weight is 214 g/mol. The van der Waals surface area contributed by atoms with Crippen LogP contribution in [0, 0.1) is 13.8 Å². The summed E-state index contributed by atoms with van der Waals surface area (Å²) in [6.07, 6.45) is -0.489. The summed E-state index contributed by atoms with van der Waals surface area (Å²) in [5.41, 5.74) is 3.06. The molecule has 0 radical (unpaired) electrons. The number of rotatable bonds is 3. The zero-order valence-corrected chi connectivity index (χ0v) is 9.52. The van der Waals surface area contributed by atoms with Gasteiger partial charge in [0, 0.05) is 11.6 Å².